The average Bonchev–Trinajstić information content (AvgIpc) is 2.88. The van der Waals surface area contributed by atoms with Gasteiger partial charge in [-0.2, -0.15) is 0 Å². The van der Waals surface area contributed by atoms with E-state index in [2.05, 4.69) is 44.3 Å². The molecule has 3 heteroatoms. The molecule has 0 radical (unpaired) electrons. The van der Waals surface area contributed by atoms with Gasteiger partial charge in [-0.15, -0.1) is 0 Å². The summed E-state index contributed by atoms with van der Waals surface area (Å²) in [5.74, 6) is 0.336. The molecule has 2 aromatic carbocycles. The standard InChI is InChI=1S/C33H40O3/c1-24(2)25(3)8-6-5-7-9-27-11-13-28(14-12-27)16-20-32(34)31-18-10-26(4)30(22-31)19-15-29-17-21-33(35)36-23-29/h10-14,16,18,20,22,29H,1,3,5-9,15,17,19,21,23H2,2,4H3/b20-16+. The van der Waals surface area contributed by atoms with Crippen LogP contribution in [-0.2, 0) is 22.4 Å². The maximum Gasteiger partial charge on any atom is 0.305 e. The van der Waals surface area contributed by atoms with Crippen molar-refractivity contribution in [3.05, 3.63) is 101 Å². The van der Waals surface area contributed by atoms with Crippen LogP contribution in [-0.4, -0.2) is 18.4 Å². The van der Waals surface area contributed by atoms with Gasteiger partial charge in [-0.05, 0) is 99.1 Å². The molecular weight excluding hydrogens is 444 g/mol. The molecule has 3 rings (SSSR count). The summed E-state index contributed by atoms with van der Waals surface area (Å²) in [6.07, 6.45) is 12.4. The molecule has 1 atom stereocenters. The van der Waals surface area contributed by atoms with Crippen LogP contribution < -0.4 is 0 Å². The number of hydrogen-bond donors (Lipinski definition) is 0. The fourth-order valence-electron chi connectivity index (χ4n) is 4.49. The number of unbranched alkanes of at least 4 members (excludes halogenated alkanes) is 2. The SMILES string of the molecule is C=C(C)C(=C)CCCCCc1ccc(/C=C/C(=O)c2ccc(C)c(CCC3CCC(=O)OC3)c2)cc1. The molecule has 0 bridgehead atoms. The number of ether oxygens (including phenoxy) is 1. The number of rotatable bonds is 13. The lowest BCUT2D eigenvalue weighted by Gasteiger charge is -2.21. The number of cyclic esters (lactones) is 1. The first-order chi connectivity index (χ1) is 17.3. The highest BCUT2D eigenvalue weighted by molar-refractivity contribution is 6.07. The van der Waals surface area contributed by atoms with E-state index in [0.717, 1.165) is 55.2 Å². The zero-order valence-corrected chi connectivity index (χ0v) is 22.0. The molecule has 3 nitrogen and oxygen atoms in total. The molecule has 0 amide bonds. The first kappa shape index (κ1) is 27.4. The van der Waals surface area contributed by atoms with Crippen molar-refractivity contribution in [2.24, 2.45) is 5.92 Å². The van der Waals surface area contributed by atoms with Gasteiger partial charge in [-0.25, -0.2) is 0 Å². The van der Waals surface area contributed by atoms with Crippen LogP contribution in [0.4, 0.5) is 0 Å². The van der Waals surface area contributed by atoms with Gasteiger partial charge in [-0.1, -0.05) is 73.2 Å². The maximum absolute atomic E-state index is 12.8. The minimum absolute atomic E-state index is 0.0169. The molecule has 190 valence electrons. The van der Waals surface area contributed by atoms with E-state index in [-0.39, 0.29) is 11.8 Å². The summed E-state index contributed by atoms with van der Waals surface area (Å²) in [6, 6.07) is 14.4. The van der Waals surface area contributed by atoms with E-state index in [1.165, 1.54) is 29.5 Å². The second-order valence-corrected chi connectivity index (χ2v) is 10.2. The summed E-state index contributed by atoms with van der Waals surface area (Å²) in [6.45, 7) is 12.6. The van der Waals surface area contributed by atoms with Crippen molar-refractivity contribution >= 4 is 17.8 Å². The minimum atomic E-state index is -0.0895. The van der Waals surface area contributed by atoms with E-state index >= 15 is 0 Å². The normalized spacial score (nSPS) is 15.6. The van der Waals surface area contributed by atoms with Gasteiger partial charge in [-0.3, -0.25) is 9.59 Å². The highest BCUT2D eigenvalue weighted by atomic mass is 16.5. The maximum atomic E-state index is 12.8. The highest BCUT2D eigenvalue weighted by Gasteiger charge is 2.20. The van der Waals surface area contributed by atoms with Crippen molar-refractivity contribution < 1.29 is 14.3 Å². The summed E-state index contributed by atoms with van der Waals surface area (Å²) in [5, 5.41) is 0. The lowest BCUT2D eigenvalue weighted by Crippen LogP contribution is -2.22. The molecule has 1 saturated heterocycles. The molecule has 2 aromatic rings. The number of aryl methyl sites for hydroxylation is 3. The summed E-state index contributed by atoms with van der Waals surface area (Å²) >= 11 is 0. The Morgan fingerprint density at radius 1 is 1.06 bits per heavy atom. The van der Waals surface area contributed by atoms with E-state index in [9.17, 15) is 9.59 Å². The van der Waals surface area contributed by atoms with Crippen LogP contribution >= 0.6 is 0 Å². The molecule has 0 aliphatic carbocycles. The summed E-state index contributed by atoms with van der Waals surface area (Å²) in [5.41, 5.74) is 7.71. The molecule has 1 fully saturated rings. The number of hydrogen-bond acceptors (Lipinski definition) is 3. The number of ketones is 1. The van der Waals surface area contributed by atoms with E-state index in [1.54, 1.807) is 6.08 Å². The topological polar surface area (TPSA) is 43.4 Å². The van der Waals surface area contributed by atoms with Gasteiger partial charge in [0.05, 0.1) is 6.61 Å². The van der Waals surface area contributed by atoms with Gasteiger partial charge in [0.1, 0.15) is 0 Å². The van der Waals surface area contributed by atoms with Crippen molar-refractivity contribution in [1.29, 1.82) is 0 Å². The first-order valence-corrected chi connectivity index (χ1v) is 13.2. The van der Waals surface area contributed by atoms with Crippen LogP contribution in [0.25, 0.3) is 6.08 Å². The van der Waals surface area contributed by atoms with Crippen LogP contribution in [0, 0.1) is 12.8 Å². The van der Waals surface area contributed by atoms with E-state index in [0.29, 0.717) is 24.5 Å². The van der Waals surface area contributed by atoms with Crippen LogP contribution in [0.3, 0.4) is 0 Å². The van der Waals surface area contributed by atoms with Crippen molar-refractivity contribution in [3.63, 3.8) is 0 Å². The van der Waals surface area contributed by atoms with Crippen LogP contribution in [0.1, 0.15) is 84.5 Å². The predicted molar refractivity (Wildman–Crippen MR) is 149 cm³/mol. The zero-order valence-electron chi connectivity index (χ0n) is 22.0. The number of allylic oxidation sites excluding steroid dienone is 3. The minimum Gasteiger partial charge on any atom is -0.465 e. The molecule has 0 N–H and O–H groups in total. The Morgan fingerprint density at radius 2 is 1.83 bits per heavy atom. The quantitative estimate of drug-likeness (QED) is 0.0950. The number of benzene rings is 2. The molecule has 36 heavy (non-hydrogen) atoms. The zero-order chi connectivity index (χ0) is 25.9. The molecule has 1 unspecified atom stereocenters. The Balaban J connectivity index is 1.47. The van der Waals surface area contributed by atoms with Gasteiger partial charge in [0.2, 0.25) is 0 Å². The first-order valence-electron chi connectivity index (χ1n) is 13.2. The smallest absolute Gasteiger partial charge is 0.305 e. The molecule has 0 saturated carbocycles. The van der Waals surface area contributed by atoms with Crippen LogP contribution in [0.15, 0.2) is 72.8 Å². The van der Waals surface area contributed by atoms with Crippen LogP contribution in [0.2, 0.25) is 0 Å². The van der Waals surface area contributed by atoms with Crippen molar-refractivity contribution in [2.45, 2.75) is 71.6 Å². The fraction of sp³-hybridized carbons (Fsp3) is 0.394. The Labute approximate surface area is 217 Å². The van der Waals surface area contributed by atoms with Crippen LogP contribution in [0.5, 0.6) is 0 Å². The summed E-state index contributed by atoms with van der Waals surface area (Å²) in [4.78, 5) is 24.1. The third-order valence-electron chi connectivity index (χ3n) is 7.15. The third-order valence-corrected chi connectivity index (χ3v) is 7.15. The van der Waals surface area contributed by atoms with Crippen molar-refractivity contribution in [1.82, 2.24) is 0 Å². The molecule has 0 spiro atoms. The Bertz CT molecular complexity index is 1090. The largest absolute Gasteiger partial charge is 0.465 e. The Hall–Kier alpha value is -3.20. The molecular formula is C33H40O3. The average molecular weight is 485 g/mol. The lowest BCUT2D eigenvalue weighted by atomic mass is 9.91. The van der Waals surface area contributed by atoms with Crippen molar-refractivity contribution in [2.75, 3.05) is 6.61 Å². The van der Waals surface area contributed by atoms with Gasteiger partial charge in [0.15, 0.2) is 5.78 Å². The number of carbonyl (C=O) groups is 2. The highest BCUT2D eigenvalue weighted by Crippen LogP contribution is 2.23. The number of carbonyl (C=O) groups excluding carboxylic acids is 2. The summed E-state index contributed by atoms with van der Waals surface area (Å²) in [7, 11) is 0. The van der Waals surface area contributed by atoms with E-state index in [4.69, 9.17) is 4.74 Å². The Morgan fingerprint density at radius 3 is 2.53 bits per heavy atom. The molecule has 1 aliphatic rings. The fourth-order valence-corrected chi connectivity index (χ4v) is 4.49. The molecule has 1 aliphatic heterocycles. The van der Waals surface area contributed by atoms with Gasteiger partial charge in [0, 0.05) is 12.0 Å². The number of esters is 1. The second kappa shape index (κ2) is 13.8. The van der Waals surface area contributed by atoms with Gasteiger partial charge < -0.3 is 4.74 Å². The second-order valence-electron chi connectivity index (χ2n) is 10.2. The van der Waals surface area contributed by atoms with E-state index < -0.39 is 0 Å². The van der Waals surface area contributed by atoms with Gasteiger partial charge in [0.25, 0.3) is 0 Å². The lowest BCUT2D eigenvalue weighted by molar-refractivity contribution is -0.149. The monoisotopic (exact) mass is 484 g/mol. The van der Waals surface area contributed by atoms with Crippen molar-refractivity contribution in [3.8, 4) is 0 Å². The predicted octanol–water partition coefficient (Wildman–Crippen LogP) is 8.01. The third kappa shape index (κ3) is 8.78. The molecule has 0 aromatic heterocycles. The Kier molecular flexibility index (Phi) is 10.5. The summed E-state index contributed by atoms with van der Waals surface area (Å²) < 4.78 is 5.19. The van der Waals surface area contributed by atoms with Gasteiger partial charge >= 0.3 is 5.97 Å². The molecule has 1 heterocycles. The van der Waals surface area contributed by atoms with E-state index in [1.807, 2.05) is 31.2 Å².